The van der Waals surface area contributed by atoms with E-state index in [-0.39, 0.29) is 18.7 Å². The fourth-order valence-corrected chi connectivity index (χ4v) is 1.68. The van der Waals surface area contributed by atoms with E-state index in [0.29, 0.717) is 30.4 Å². The number of hydrogen-bond donors (Lipinski definition) is 2. The Kier molecular flexibility index (Phi) is 4.22. The van der Waals surface area contributed by atoms with Gasteiger partial charge in [-0.25, -0.2) is 0 Å². The van der Waals surface area contributed by atoms with Gasteiger partial charge in [-0.3, -0.25) is 9.59 Å². The summed E-state index contributed by atoms with van der Waals surface area (Å²) in [6.45, 7) is 1.18. The van der Waals surface area contributed by atoms with Crippen LogP contribution < -0.4 is 14.8 Å². The van der Waals surface area contributed by atoms with Gasteiger partial charge in [-0.1, -0.05) is 0 Å². The van der Waals surface area contributed by atoms with E-state index >= 15 is 0 Å². The van der Waals surface area contributed by atoms with Crippen molar-refractivity contribution in [1.82, 2.24) is 0 Å². The summed E-state index contributed by atoms with van der Waals surface area (Å²) in [5, 5.41) is 11.1. The van der Waals surface area contributed by atoms with E-state index in [1.165, 1.54) is 0 Å². The summed E-state index contributed by atoms with van der Waals surface area (Å²) in [4.78, 5) is 21.9. The van der Waals surface area contributed by atoms with Crippen LogP contribution in [-0.4, -0.2) is 30.2 Å². The molecule has 2 rings (SSSR count). The molecule has 0 saturated carbocycles. The summed E-state index contributed by atoms with van der Waals surface area (Å²) in [6, 6.07) is 5.11. The van der Waals surface area contributed by atoms with Gasteiger partial charge < -0.3 is 19.9 Å². The molecule has 102 valence electrons. The number of hydrogen-bond acceptors (Lipinski definition) is 4. The van der Waals surface area contributed by atoms with Gasteiger partial charge in [-0.15, -0.1) is 0 Å². The first-order valence-electron chi connectivity index (χ1n) is 6.06. The first-order chi connectivity index (χ1) is 9.15. The molecule has 0 aromatic heterocycles. The van der Waals surface area contributed by atoms with Crippen LogP contribution in [0.5, 0.6) is 11.5 Å². The fraction of sp³-hybridized carbons (Fsp3) is 0.385. The normalized spacial score (nSPS) is 13.5. The topological polar surface area (TPSA) is 84.9 Å². The van der Waals surface area contributed by atoms with Gasteiger partial charge in [0.25, 0.3) is 0 Å². The van der Waals surface area contributed by atoms with Crippen molar-refractivity contribution in [2.24, 2.45) is 0 Å². The summed E-state index contributed by atoms with van der Waals surface area (Å²) in [5.41, 5.74) is 0.569. The Balaban J connectivity index is 1.99. The molecule has 0 radical (unpaired) electrons. The molecular formula is C13H15NO5. The number of carbonyl (C=O) groups is 2. The molecule has 1 aromatic carbocycles. The average molecular weight is 265 g/mol. The molecule has 0 bridgehead atoms. The molecule has 0 atom stereocenters. The van der Waals surface area contributed by atoms with Gasteiger partial charge >= 0.3 is 5.97 Å². The number of carboxylic acid groups (broad SMARTS) is 1. The summed E-state index contributed by atoms with van der Waals surface area (Å²) < 4.78 is 11.0. The smallest absolute Gasteiger partial charge is 0.303 e. The molecule has 0 unspecified atom stereocenters. The Morgan fingerprint density at radius 2 is 1.89 bits per heavy atom. The van der Waals surface area contributed by atoms with E-state index in [1.807, 2.05) is 0 Å². The molecule has 1 heterocycles. The Morgan fingerprint density at radius 1 is 1.16 bits per heavy atom. The summed E-state index contributed by atoms with van der Waals surface area (Å²) in [7, 11) is 0. The van der Waals surface area contributed by atoms with Gasteiger partial charge in [0.2, 0.25) is 5.91 Å². The van der Waals surface area contributed by atoms with Gasteiger partial charge in [0, 0.05) is 24.6 Å². The number of rotatable bonds is 4. The number of aliphatic carboxylic acids is 1. The number of fused-ring (bicyclic) bond motifs is 1. The fourth-order valence-electron chi connectivity index (χ4n) is 1.68. The van der Waals surface area contributed by atoms with Crippen LogP contribution in [0.1, 0.15) is 19.3 Å². The number of benzene rings is 1. The molecular weight excluding hydrogens is 250 g/mol. The number of carboxylic acids is 1. The first-order valence-corrected chi connectivity index (χ1v) is 6.06. The number of ether oxygens (including phenoxy) is 2. The van der Waals surface area contributed by atoms with Crippen molar-refractivity contribution in [2.45, 2.75) is 19.3 Å². The van der Waals surface area contributed by atoms with E-state index in [4.69, 9.17) is 14.6 Å². The SMILES string of the molecule is O=C(O)CCC(=O)Nc1ccc2c(c1)OCCCO2. The van der Waals surface area contributed by atoms with Gasteiger partial charge in [0.15, 0.2) is 11.5 Å². The standard InChI is InChI=1S/C13H15NO5/c15-12(4-5-13(16)17)14-9-2-3-10-11(8-9)19-7-1-6-18-10/h2-3,8H,1,4-7H2,(H,14,15)(H,16,17). The van der Waals surface area contributed by atoms with Crippen LogP contribution >= 0.6 is 0 Å². The monoisotopic (exact) mass is 265 g/mol. The molecule has 1 aliphatic heterocycles. The lowest BCUT2D eigenvalue weighted by atomic mass is 10.2. The second kappa shape index (κ2) is 6.08. The molecule has 0 fully saturated rings. The van der Waals surface area contributed by atoms with Crippen molar-refractivity contribution in [1.29, 1.82) is 0 Å². The number of amides is 1. The van der Waals surface area contributed by atoms with Crippen molar-refractivity contribution >= 4 is 17.6 Å². The van der Waals surface area contributed by atoms with Crippen LogP contribution in [0.4, 0.5) is 5.69 Å². The van der Waals surface area contributed by atoms with Crippen molar-refractivity contribution in [2.75, 3.05) is 18.5 Å². The predicted molar refractivity (Wildman–Crippen MR) is 67.5 cm³/mol. The second-order valence-corrected chi connectivity index (χ2v) is 4.15. The molecule has 2 N–H and O–H groups in total. The lowest BCUT2D eigenvalue weighted by Crippen LogP contribution is -2.13. The lowest BCUT2D eigenvalue weighted by Gasteiger charge is -2.10. The van der Waals surface area contributed by atoms with Crippen LogP contribution in [0.25, 0.3) is 0 Å². The molecule has 6 nitrogen and oxygen atoms in total. The summed E-state index contributed by atoms with van der Waals surface area (Å²) >= 11 is 0. The Hall–Kier alpha value is -2.24. The van der Waals surface area contributed by atoms with Crippen LogP contribution in [-0.2, 0) is 9.59 Å². The molecule has 0 saturated heterocycles. The van der Waals surface area contributed by atoms with Crippen LogP contribution in [0.2, 0.25) is 0 Å². The van der Waals surface area contributed by atoms with Crippen molar-refractivity contribution in [3.8, 4) is 11.5 Å². The highest BCUT2D eigenvalue weighted by molar-refractivity contribution is 5.92. The zero-order chi connectivity index (χ0) is 13.7. The largest absolute Gasteiger partial charge is 0.490 e. The molecule has 1 aromatic rings. The highest BCUT2D eigenvalue weighted by Crippen LogP contribution is 2.32. The van der Waals surface area contributed by atoms with E-state index < -0.39 is 5.97 Å². The maximum atomic E-state index is 11.5. The third kappa shape index (κ3) is 3.87. The number of carbonyl (C=O) groups excluding carboxylic acids is 1. The predicted octanol–water partition coefficient (Wildman–Crippen LogP) is 1.65. The minimum Gasteiger partial charge on any atom is -0.490 e. The van der Waals surface area contributed by atoms with Gasteiger partial charge in [0.05, 0.1) is 19.6 Å². The number of anilines is 1. The minimum atomic E-state index is -0.992. The van der Waals surface area contributed by atoms with Crippen molar-refractivity contribution < 1.29 is 24.2 Å². The molecule has 1 amide bonds. The Morgan fingerprint density at radius 3 is 2.63 bits per heavy atom. The van der Waals surface area contributed by atoms with E-state index in [0.717, 1.165) is 6.42 Å². The van der Waals surface area contributed by atoms with Crippen LogP contribution in [0, 0.1) is 0 Å². The summed E-state index contributed by atoms with van der Waals surface area (Å²) in [5.74, 6) is -0.0831. The number of nitrogens with one attached hydrogen (secondary N) is 1. The molecule has 1 aliphatic rings. The maximum absolute atomic E-state index is 11.5. The highest BCUT2D eigenvalue weighted by atomic mass is 16.5. The molecule has 19 heavy (non-hydrogen) atoms. The zero-order valence-corrected chi connectivity index (χ0v) is 10.3. The van der Waals surface area contributed by atoms with E-state index in [9.17, 15) is 9.59 Å². The lowest BCUT2D eigenvalue weighted by molar-refractivity contribution is -0.138. The van der Waals surface area contributed by atoms with Gasteiger partial charge in [0.1, 0.15) is 0 Å². The zero-order valence-electron chi connectivity index (χ0n) is 10.3. The van der Waals surface area contributed by atoms with Crippen LogP contribution in [0.15, 0.2) is 18.2 Å². The van der Waals surface area contributed by atoms with Crippen LogP contribution in [0.3, 0.4) is 0 Å². The van der Waals surface area contributed by atoms with Crippen molar-refractivity contribution in [3.63, 3.8) is 0 Å². The highest BCUT2D eigenvalue weighted by Gasteiger charge is 2.12. The third-order valence-corrected chi connectivity index (χ3v) is 2.60. The van der Waals surface area contributed by atoms with Gasteiger partial charge in [-0.05, 0) is 12.1 Å². The first kappa shape index (κ1) is 13.2. The third-order valence-electron chi connectivity index (χ3n) is 2.60. The minimum absolute atomic E-state index is 0.0518. The van der Waals surface area contributed by atoms with Gasteiger partial charge in [-0.2, -0.15) is 0 Å². The summed E-state index contributed by atoms with van der Waals surface area (Å²) in [6.07, 6.45) is 0.579. The van der Waals surface area contributed by atoms with E-state index in [2.05, 4.69) is 5.32 Å². The molecule has 0 aliphatic carbocycles. The average Bonchev–Trinajstić information content (AvgIpc) is 2.61. The Bertz CT molecular complexity index is 486. The van der Waals surface area contributed by atoms with Crippen molar-refractivity contribution in [3.05, 3.63) is 18.2 Å². The second-order valence-electron chi connectivity index (χ2n) is 4.15. The molecule has 0 spiro atoms. The maximum Gasteiger partial charge on any atom is 0.303 e. The quantitative estimate of drug-likeness (QED) is 0.864. The molecule has 6 heteroatoms. The Labute approximate surface area is 110 Å². The van der Waals surface area contributed by atoms with E-state index in [1.54, 1.807) is 18.2 Å².